The molecule has 4 N–H and O–H groups in total. The van der Waals surface area contributed by atoms with Gasteiger partial charge in [-0.2, -0.15) is 0 Å². The molecule has 0 aliphatic rings. The number of anilines is 1. The number of nitrogens with two attached hydrogens (primary N) is 1. The lowest BCUT2D eigenvalue weighted by atomic mass is 10.2. The van der Waals surface area contributed by atoms with Crippen LogP contribution in [-0.4, -0.2) is 10.2 Å². The largest absolute Gasteiger partial charge is 0.398 e. The molecule has 20 heavy (non-hydrogen) atoms. The van der Waals surface area contributed by atoms with Gasteiger partial charge in [-0.05, 0) is 41.5 Å². The van der Waals surface area contributed by atoms with E-state index in [0.29, 0.717) is 31.6 Å². The third kappa shape index (κ3) is 3.24. The van der Waals surface area contributed by atoms with E-state index in [1.54, 1.807) is 18.2 Å². The second-order valence-electron chi connectivity index (χ2n) is 4.15. The standard InChI is InChI=1S/C14H13ClFNO2S/c15-10-3-9(7-19)14(12(17)5-10)20-13-2-1-11(16)4-8(13)6-18/h1-5,18-19H,6-7,17H2. The molecule has 0 aliphatic heterocycles. The van der Waals surface area contributed by atoms with Crippen molar-refractivity contribution in [1.29, 1.82) is 0 Å². The van der Waals surface area contributed by atoms with Crippen LogP contribution in [0.1, 0.15) is 11.1 Å². The molecule has 2 aromatic carbocycles. The van der Waals surface area contributed by atoms with Gasteiger partial charge in [-0.3, -0.25) is 0 Å². The highest BCUT2D eigenvalue weighted by atomic mass is 35.5. The minimum Gasteiger partial charge on any atom is -0.398 e. The van der Waals surface area contributed by atoms with Crippen molar-refractivity contribution in [3.8, 4) is 0 Å². The van der Waals surface area contributed by atoms with Crippen molar-refractivity contribution >= 4 is 29.1 Å². The summed E-state index contributed by atoms with van der Waals surface area (Å²) in [4.78, 5) is 1.33. The molecule has 0 bridgehead atoms. The zero-order valence-electron chi connectivity index (χ0n) is 10.4. The Morgan fingerprint density at radius 1 is 1.10 bits per heavy atom. The Morgan fingerprint density at radius 3 is 2.45 bits per heavy atom. The molecule has 3 nitrogen and oxygen atoms in total. The molecule has 2 aromatic rings. The first kappa shape index (κ1) is 15.1. The molecule has 6 heteroatoms. The van der Waals surface area contributed by atoms with E-state index in [1.807, 2.05) is 0 Å². The average molecular weight is 314 g/mol. The minimum absolute atomic E-state index is 0.206. The highest BCUT2D eigenvalue weighted by molar-refractivity contribution is 7.99. The van der Waals surface area contributed by atoms with Gasteiger partial charge in [0.1, 0.15) is 5.82 Å². The normalized spacial score (nSPS) is 10.8. The molecule has 0 saturated heterocycles. The summed E-state index contributed by atoms with van der Waals surface area (Å²) in [6.07, 6.45) is 0. The quantitative estimate of drug-likeness (QED) is 0.758. The number of hydrogen-bond donors (Lipinski definition) is 3. The number of hydrogen-bond acceptors (Lipinski definition) is 4. The summed E-state index contributed by atoms with van der Waals surface area (Å²) in [5.41, 5.74) is 7.40. The third-order valence-corrected chi connectivity index (χ3v) is 4.27. The van der Waals surface area contributed by atoms with Crippen LogP contribution in [-0.2, 0) is 13.2 Å². The molecule has 0 spiro atoms. The summed E-state index contributed by atoms with van der Waals surface area (Å²) >= 11 is 7.16. The van der Waals surface area contributed by atoms with Crippen LogP contribution in [0.25, 0.3) is 0 Å². The van der Waals surface area contributed by atoms with Gasteiger partial charge in [0.15, 0.2) is 0 Å². The van der Waals surface area contributed by atoms with E-state index in [2.05, 4.69) is 0 Å². The van der Waals surface area contributed by atoms with Crippen molar-refractivity contribution in [3.63, 3.8) is 0 Å². The Hall–Kier alpha value is -1.27. The Labute approximate surface area is 125 Å². The van der Waals surface area contributed by atoms with Crippen molar-refractivity contribution in [2.24, 2.45) is 0 Å². The predicted octanol–water partition coefficient (Wildman–Crippen LogP) is 3.20. The highest BCUT2D eigenvalue weighted by Gasteiger charge is 2.12. The van der Waals surface area contributed by atoms with E-state index < -0.39 is 5.82 Å². The second kappa shape index (κ2) is 6.45. The van der Waals surface area contributed by atoms with Gasteiger partial charge in [-0.1, -0.05) is 23.4 Å². The molecule has 2 rings (SSSR count). The number of aliphatic hydroxyl groups excluding tert-OH is 2. The van der Waals surface area contributed by atoms with Gasteiger partial charge in [0.05, 0.1) is 13.2 Å². The average Bonchev–Trinajstić information content (AvgIpc) is 2.42. The first-order valence-corrected chi connectivity index (χ1v) is 7.00. The van der Waals surface area contributed by atoms with Gasteiger partial charge in [-0.15, -0.1) is 0 Å². The summed E-state index contributed by atoms with van der Waals surface area (Å²) in [5.74, 6) is -0.412. The van der Waals surface area contributed by atoms with Crippen LogP contribution in [0.4, 0.5) is 10.1 Å². The molecule has 106 valence electrons. The highest BCUT2D eigenvalue weighted by Crippen LogP contribution is 2.38. The first-order valence-electron chi connectivity index (χ1n) is 5.81. The monoisotopic (exact) mass is 313 g/mol. The van der Waals surface area contributed by atoms with Crippen LogP contribution < -0.4 is 5.73 Å². The molecule has 0 heterocycles. The van der Waals surface area contributed by atoms with Gasteiger partial charge in [0.25, 0.3) is 0 Å². The van der Waals surface area contributed by atoms with Crippen LogP contribution >= 0.6 is 23.4 Å². The molecule has 0 atom stereocenters. The maximum Gasteiger partial charge on any atom is 0.123 e. The lowest BCUT2D eigenvalue weighted by Gasteiger charge is -2.13. The fourth-order valence-electron chi connectivity index (χ4n) is 1.80. The molecule has 0 fully saturated rings. The van der Waals surface area contributed by atoms with Crippen LogP contribution in [0.2, 0.25) is 5.02 Å². The summed E-state index contributed by atoms with van der Waals surface area (Å²) < 4.78 is 13.1. The molecule has 0 saturated carbocycles. The van der Waals surface area contributed by atoms with E-state index in [9.17, 15) is 14.6 Å². The first-order chi connectivity index (χ1) is 9.55. The Kier molecular flexibility index (Phi) is 4.88. The van der Waals surface area contributed by atoms with Gasteiger partial charge in [-0.25, -0.2) is 4.39 Å². The number of nitrogen functional groups attached to an aromatic ring is 1. The van der Waals surface area contributed by atoms with Crippen LogP contribution in [0.3, 0.4) is 0 Å². The third-order valence-electron chi connectivity index (χ3n) is 2.73. The number of rotatable bonds is 4. The van der Waals surface area contributed by atoms with E-state index in [1.165, 1.54) is 23.9 Å². The molecule has 0 radical (unpaired) electrons. The Morgan fingerprint density at radius 2 is 1.80 bits per heavy atom. The molecule has 0 amide bonds. The molecule has 0 unspecified atom stereocenters. The molecular formula is C14H13ClFNO2S. The lowest BCUT2D eigenvalue weighted by molar-refractivity contribution is 0.278. The van der Waals surface area contributed by atoms with Crippen molar-refractivity contribution < 1.29 is 14.6 Å². The topological polar surface area (TPSA) is 66.5 Å². The Balaban J connectivity index is 2.44. The zero-order valence-corrected chi connectivity index (χ0v) is 12.0. The maximum absolute atomic E-state index is 13.1. The van der Waals surface area contributed by atoms with Crippen molar-refractivity contribution in [3.05, 3.63) is 52.3 Å². The van der Waals surface area contributed by atoms with Crippen molar-refractivity contribution in [2.75, 3.05) is 5.73 Å². The number of halogens is 2. The Bertz CT molecular complexity index is 637. The van der Waals surface area contributed by atoms with Gasteiger partial charge in [0, 0.05) is 20.5 Å². The van der Waals surface area contributed by atoms with E-state index in [4.69, 9.17) is 17.3 Å². The van der Waals surface area contributed by atoms with Crippen LogP contribution in [0.5, 0.6) is 0 Å². The number of aliphatic hydroxyl groups is 2. The molecule has 0 aliphatic carbocycles. The maximum atomic E-state index is 13.1. The fourth-order valence-corrected chi connectivity index (χ4v) is 3.09. The summed E-state index contributed by atoms with van der Waals surface area (Å²) in [6, 6.07) is 7.37. The fraction of sp³-hybridized carbons (Fsp3) is 0.143. The minimum atomic E-state index is -0.412. The van der Waals surface area contributed by atoms with E-state index >= 15 is 0 Å². The van der Waals surface area contributed by atoms with Gasteiger partial charge < -0.3 is 15.9 Å². The lowest BCUT2D eigenvalue weighted by Crippen LogP contribution is -1.97. The van der Waals surface area contributed by atoms with E-state index in [-0.39, 0.29) is 13.2 Å². The predicted molar refractivity (Wildman–Crippen MR) is 78.2 cm³/mol. The molecular weight excluding hydrogens is 301 g/mol. The van der Waals surface area contributed by atoms with Crippen LogP contribution in [0.15, 0.2) is 40.1 Å². The molecule has 0 aromatic heterocycles. The van der Waals surface area contributed by atoms with Gasteiger partial charge >= 0.3 is 0 Å². The van der Waals surface area contributed by atoms with Gasteiger partial charge in [0.2, 0.25) is 0 Å². The SMILES string of the molecule is Nc1cc(Cl)cc(CO)c1Sc1ccc(F)cc1CO. The zero-order chi connectivity index (χ0) is 14.7. The smallest absolute Gasteiger partial charge is 0.123 e. The summed E-state index contributed by atoms with van der Waals surface area (Å²) in [6.45, 7) is -0.481. The number of benzene rings is 2. The van der Waals surface area contributed by atoms with Crippen molar-refractivity contribution in [2.45, 2.75) is 23.0 Å². The van der Waals surface area contributed by atoms with E-state index in [0.717, 1.165) is 0 Å². The second-order valence-corrected chi connectivity index (χ2v) is 5.64. The summed E-state index contributed by atoms with van der Waals surface area (Å²) in [7, 11) is 0. The van der Waals surface area contributed by atoms with Crippen molar-refractivity contribution in [1.82, 2.24) is 0 Å². The van der Waals surface area contributed by atoms with Crippen LogP contribution in [0, 0.1) is 5.82 Å². The summed E-state index contributed by atoms with van der Waals surface area (Å²) in [5, 5.41) is 19.1.